The second kappa shape index (κ2) is 7.45. The van der Waals surface area contributed by atoms with Crippen molar-refractivity contribution in [2.75, 3.05) is 10.6 Å². The van der Waals surface area contributed by atoms with Crippen molar-refractivity contribution in [2.24, 2.45) is 0 Å². The van der Waals surface area contributed by atoms with E-state index in [1.807, 2.05) is 19.1 Å². The van der Waals surface area contributed by atoms with Crippen LogP contribution in [0.4, 0.5) is 30.4 Å². The lowest BCUT2D eigenvalue weighted by atomic mass is 10.1. The highest BCUT2D eigenvalue weighted by Gasteiger charge is 2.33. The van der Waals surface area contributed by atoms with Crippen molar-refractivity contribution in [2.45, 2.75) is 13.1 Å². The number of rotatable bonds is 4. The summed E-state index contributed by atoms with van der Waals surface area (Å²) in [6.07, 6.45) is -4.50. The lowest BCUT2D eigenvalue weighted by Gasteiger charge is -2.13. The zero-order valence-corrected chi connectivity index (χ0v) is 14.2. The molecule has 3 aromatic rings. The summed E-state index contributed by atoms with van der Waals surface area (Å²) < 4.78 is 39.1. The van der Waals surface area contributed by atoms with Gasteiger partial charge in [0, 0.05) is 5.69 Å². The molecule has 1 aromatic heterocycles. The first-order valence-electron chi connectivity index (χ1n) is 7.98. The molecule has 8 heteroatoms. The molecular weight excluding hydrogens is 357 g/mol. The predicted molar refractivity (Wildman–Crippen MR) is 95.9 cm³/mol. The molecule has 3 rings (SSSR count). The van der Waals surface area contributed by atoms with Crippen LogP contribution in [0.2, 0.25) is 0 Å². The maximum Gasteiger partial charge on any atom is 0.418 e. The van der Waals surface area contributed by atoms with Crippen LogP contribution >= 0.6 is 0 Å². The van der Waals surface area contributed by atoms with Crippen molar-refractivity contribution in [3.05, 3.63) is 77.5 Å². The fraction of sp³-hybridized carbons (Fsp3) is 0.105. The standard InChI is InChI=1S/C19H15F3N4O/c1-12-5-4-6-13(11-12)23-18(27)16-9-10-17(26-25-16)24-15-8-3-2-7-14(15)19(20,21)22/h2-11H,1H3,(H,23,27)(H,24,26). The van der Waals surface area contributed by atoms with Crippen LogP contribution in [0, 0.1) is 6.92 Å². The first-order chi connectivity index (χ1) is 12.8. The number of nitrogens with one attached hydrogen (secondary N) is 2. The third kappa shape index (κ3) is 4.60. The Labute approximate surface area is 153 Å². The molecule has 0 radical (unpaired) electrons. The van der Waals surface area contributed by atoms with Gasteiger partial charge < -0.3 is 10.6 Å². The van der Waals surface area contributed by atoms with E-state index >= 15 is 0 Å². The van der Waals surface area contributed by atoms with Gasteiger partial charge in [-0.25, -0.2) is 0 Å². The molecule has 0 unspecified atom stereocenters. The first kappa shape index (κ1) is 18.4. The smallest absolute Gasteiger partial charge is 0.338 e. The van der Waals surface area contributed by atoms with Crippen LogP contribution in [0.25, 0.3) is 0 Å². The molecule has 2 N–H and O–H groups in total. The molecule has 0 saturated heterocycles. The van der Waals surface area contributed by atoms with E-state index in [2.05, 4.69) is 20.8 Å². The highest BCUT2D eigenvalue weighted by molar-refractivity contribution is 6.02. The van der Waals surface area contributed by atoms with Gasteiger partial charge in [-0.05, 0) is 48.9 Å². The van der Waals surface area contributed by atoms with Gasteiger partial charge in [0.05, 0.1) is 11.3 Å². The van der Waals surface area contributed by atoms with Gasteiger partial charge in [0.25, 0.3) is 5.91 Å². The summed E-state index contributed by atoms with van der Waals surface area (Å²) in [7, 11) is 0. The Hall–Kier alpha value is -3.42. The Balaban J connectivity index is 1.74. The minimum atomic E-state index is -4.50. The molecule has 1 amide bonds. The first-order valence-corrected chi connectivity index (χ1v) is 7.98. The summed E-state index contributed by atoms with van der Waals surface area (Å²) in [4.78, 5) is 12.2. The minimum Gasteiger partial charge on any atom is -0.338 e. The average molecular weight is 372 g/mol. The van der Waals surface area contributed by atoms with Gasteiger partial charge in [0.15, 0.2) is 11.5 Å². The third-order valence-electron chi connectivity index (χ3n) is 3.67. The molecule has 0 fully saturated rings. The van der Waals surface area contributed by atoms with Crippen LogP contribution < -0.4 is 10.6 Å². The summed E-state index contributed by atoms with van der Waals surface area (Å²) >= 11 is 0. The van der Waals surface area contributed by atoms with E-state index in [-0.39, 0.29) is 17.2 Å². The SMILES string of the molecule is Cc1cccc(NC(=O)c2ccc(Nc3ccccc3C(F)(F)F)nn2)c1. The van der Waals surface area contributed by atoms with E-state index in [0.29, 0.717) is 5.69 Å². The Bertz CT molecular complexity index is 956. The number of nitrogens with zero attached hydrogens (tertiary/aromatic N) is 2. The van der Waals surface area contributed by atoms with Crippen LogP contribution in [0.5, 0.6) is 0 Å². The van der Waals surface area contributed by atoms with Crippen LogP contribution in [-0.4, -0.2) is 16.1 Å². The van der Waals surface area contributed by atoms with Gasteiger partial charge in [0.1, 0.15) is 0 Å². The Morgan fingerprint density at radius 2 is 1.74 bits per heavy atom. The molecule has 27 heavy (non-hydrogen) atoms. The largest absolute Gasteiger partial charge is 0.418 e. The van der Waals surface area contributed by atoms with Crippen molar-refractivity contribution in [3.8, 4) is 0 Å². The number of benzene rings is 2. The fourth-order valence-corrected chi connectivity index (χ4v) is 2.42. The fourth-order valence-electron chi connectivity index (χ4n) is 2.42. The van der Waals surface area contributed by atoms with Crippen LogP contribution in [0.15, 0.2) is 60.7 Å². The Morgan fingerprint density at radius 1 is 0.963 bits per heavy atom. The normalized spacial score (nSPS) is 11.1. The van der Waals surface area contributed by atoms with Crippen LogP contribution in [-0.2, 0) is 6.18 Å². The number of hydrogen-bond donors (Lipinski definition) is 2. The predicted octanol–water partition coefficient (Wildman–Crippen LogP) is 4.80. The summed E-state index contributed by atoms with van der Waals surface area (Å²) in [5, 5.41) is 12.8. The molecule has 0 atom stereocenters. The number of carbonyl (C=O) groups excluding carboxylic acids is 1. The Kier molecular flexibility index (Phi) is 5.07. The van der Waals surface area contributed by atoms with Gasteiger partial charge in [-0.2, -0.15) is 13.2 Å². The molecule has 138 valence electrons. The molecule has 5 nitrogen and oxygen atoms in total. The van der Waals surface area contributed by atoms with Crippen LogP contribution in [0.1, 0.15) is 21.6 Å². The van der Waals surface area contributed by atoms with Crippen molar-refractivity contribution >= 4 is 23.1 Å². The van der Waals surface area contributed by atoms with E-state index in [4.69, 9.17) is 0 Å². The maximum atomic E-state index is 13.0. The molecule has 0 aliphatic carbocycles. The van der Waals surface area contributed by atoms with Crippen molar-refractivity contribution in [1.82, 2.24) is 10.2 Å². The topological polar surface area (TPSA) is 66.9 Å². The van der Waals surface area contributed by atoms with E-state index < -0.39 is 17.6 Å². The van der Waals surface area contributed by atoms with Crippen molar-refractivity contribution < 1.29 is 18.0 Å². The number of anilines is 3. The molecule has 0 bridgehead atoms. The number of carbonyl (C=O) groups is 1. The second-order valence-electron chi connectivity index (χ2n) is 5.80. The van der Waals surface area contributed by atoms with Crippen molar-refractivity contribution in [3.63, 3.8) is 0 Å². The van der Waals surface area contributed by atoms with Gasteiger partial charge in [-0.1, -0.05) is 24.3 Å². The van der Waals surface area contributed by atoms with Gasteiger partial charge in [0.2, 0.25) is 0 Å². The third-order valence-corrected chi connectivity index (χ3v) is 3.67. The van der Waals surface area contributed by atoms with E-state index in [0.717, 1.165) is 11.6 Å². The van der Waals surface area contributed by atoms with Gasteiger partial charge in [-0.3, -0.25) is 4.79 Å². The van der Waals surface area contributed by atoms with E-state index in [9.17, 15) is 18.0 Å². The number of para-hydroxylation sites is 1. The number of aromatic nitrogens is 2. The zero-order valence-electron chi connectivity index (χ0n) is 14.2. The summed E-state index contributed by atoms with van der Waals surface area (Å²) in [5.41, 5.74) is 0.695. The van der Waals surface area contributed by atoms with Crippen LogP contribution in [0.3, 0.4) is 0 Å². The highest BCUT2D eigenvalue weighted by atomic mass is 19.4. The molecular formula is C19H15F3N4O. The number of alkyl halides is 3. The monoisotopic (exact) mass is 372 g/mol. The zero-order chi connectivity index (χ0) is 19.4. The Morgan fingerprint density at radius 3 is 2.41 bits per heavy atom. The average Bonchev–Trinajstić information content (AvgIpc) is 2.62. The molecule has 0 spiro atoms. The van der Waals surface area contributed by atoms with Gasteiger partial charge >= 0.3 is 6.18 Å². The minimum absolute atomic E-state index is 0.0474. The lowest BCUT2D eigenvalue weighted by Crippen LogP contribution is -2.15. The molecule has 0 aliphatic rings. The summed E-state index contributed by atoms with van der Waals surface area (Å²) in [6.45, 7) is 1.90. The highest BCUT2D eigenvalue weighted by Crippen LogP contribution is 2.35. The molecule has 2 aromatic carbocycles. The summed E-state index contributed by atoms with van der Waals surface area (Å²) in [6, 6.07) is 15.1. The summed E-state index contributed by atoms with van der Waals surface area (Å²) in [5.74, 6) is -0.367. The van der Waals surface area contributed by atoms with E-state index in [1.54, 1.807) is 12.1 Å². The maximum absolute atomic E-state index is 13.0. The van der Waals surface area contributed by atoms with E-state index in [1.165, 1.54) is 30.3 Å². The van der Waals surface area contributed by atoms with Gasteiger partial charge in [-0.15, -0.1) is 10.2 Å². The quantitative estimate of drug-likeness (QED) is 0.690. The lowest BCUT2D eigenvalue weighted by molar-refractivity contribution is -0.136. The molecule has 1 heterocycles. The molecule has 0 aliphatic heterocycles. The second-order valence-corrected chi connectivity index (χ2v) is 5.80. The number of aryl methyl sites for hydroxylation is 1. The number of halogens is 3. The van der Waals surface area contributed by atoms with Crippen molar-refractivity contribution in [1.29, 1.82) is 0 Å². The number of hydrogen-bond acceptors (Lipinski definition) is 4. The molecule has 0 saturated carbocycles. The number of amides is 1.